The lowest BCUT2D eigenvalue weighted by Crippen LogP contribution is -2.19. The van der Waals surface area contributed by atoms with Crippen molar-refractivity contribution in [1.29, 1.82) is 0 Å². The summed E-state index contributed by atoms with van der Waals surface area (Å²) in [5, 5.41) is 17.4. The highest BCUT2D eigenvalue weighted by Gasteiger charge is 2.26. The lowest BCUT2D eigenvalue weighted by molar-refractivity contribution is 0.0697. The molecule has 0 amide bonds. The molecule has 0 atom stereocenters. The Morgan fingerprint density at radius 2 is 1.89 bits per heavy atom. The molecule has 3 heterocycles. The van der Waals surface area contributed by atoms with Crippen molar-refractivity contribution < 1.29 is 9.90 Å². The summed E-state index contributed by atoms with van der Waals surface area (Å²) >= 11 is 0. The Balaban J connectivity index is 1.56. The molecule has 9 nitrogen and oxygen atoms in total. The van der Waals surface area contributed by atoms with Crippen LogP contribution in [0.3, 0.4) is 0 Å². The van der Waals surface area contributed by atoms with Gasteiger partial charge in [0.1, 0.15) is 5.52 Å². The second kappa shape index (κ2) is 5.63. The van der Waals surface area contributed by atoms with Crippen LogP contribution in [0.25, 0.3) is 17.0 Å². The number of carboxylic acid groups (broad SMARTS) is 1. The topological polar surface area (TPSA) is 119 Å². The highest BCUT2D eigenvalue weighted by atomic mass is 16.4. The van der Waals surface area contributed by atoms with Crippen LogP contribution in [0.1, 0.15) is 27.5 Å². The number of hydrogen-bond acceptors (Lipinski definition) is 5. The predicted octanol–water partition coefficient (Wildman–Crippen LogP) is 1.34. The van der Waals surface area contributed by atoms with E-state index in [1.54, 1.807) is 10.9 Å². The minimum Gasteiger partial charge on any atom is -0.478 e. The van der Waals surface area contributed by atoms with Crippen LogP contribution < -0.4 is 5.56 Å². The minimum absolute atomic E-state index is 0.0113. The number of fused-ring (bicyclic) bond motifs is 2. The minimum atomic E-state index is -1.10. The summed E-state index contributed by atoms with van der Waals surface area (Å²) in [6, 6.07) is 8.28. The molecule has 1 aliphatic carbocycles. The van der Waals surface area contributed by atoms with Gasteiger partial charge in [-0.2, -0.15) is 10.2 Å². The number of rotatable bonds is 3. The van der Waals surface area contributed by atoms with Crippen molar-refractivity contribution in [3.63, 3.8) is 0 Å². The van der Waals surface area contributed by atoms with Crippen molar-refractivity contribution in [2.75, 3.05) is 0 Å². The van der Waals surface area contributed by atoms with Gasteiger partial charge < -0.3 is 5.11 Å². The van der Waals surface area contributed by atoms with Gasteiger partial charge in [0.25, 0.3) is 5.56 Å². The summed E-state index contributed by atoms with van der Waals surface area (Å²) in [5.41, 5.74) is 3.06. The summed E-state index contributed by atoms with van der Waals surface area (Å²) < 4.78 is 2.96. The molecule has 0 spiro atoms. The summed E-state index contributed by atoms with van der Waals surface area (Å²) in [6.07, 6.45) is 5.68. The highest BCUT2D eigenvalue weighted by molar-refractivity contribution is 5.87. The van der Waals surface area contributed by atoms with E-state index in [9.17, 15) is 9.59 Å². The number of carboxylic acids is 1. The number of H-pyrrole nitrogens is 1. The normalized spacial score (nSPS) is 13.9. The van der Waals surface area contributed by atoms with Crippen molar-refractivity contribution in [2.45, 2.75) is 18.9 Å². The van der Waals surface area contributed by atoms with Crippen LogP contribution in [0.2, 0.25) is 0 Å². The third-order valence-corrected chi connectivity index (χ3v) is 4.86. The lowest BCUT2D eigenvalue weighted by atomic mass is 10.1. The largest absolute Gasteiger partial charge is 0.478 e. The van der Waals surface area contributed by atoms with Gasteiger partial charge in [-0.05, 0) is 24.0 Å². The van der Waals surface area contributed by atoms with E-state index < -0.39 is 5.97 Å². The van der Waals surface area contributed by atoms with Crippen LogP contribution in [0.15, 0.2) is 47.7 Å². The van der Waals surface area contributed by atoms with Crippen LogP contribution in [0.5, 0.6) is 0 Å². The molecule has 0 radical (unpaired) electrons. The molecule has 27 heavy (non-hydrogen) atoms. The van der Waals surface area contributed by atoms with E-state index in [0.717, 1.165) is 12.8 Å². The second-order valence-electron chi connectivity index (χ2n) is 6.52. The molecule has 0 saturated carbocycles. The van der Waals surface area contributed by atoms with E-state index in [-0.39, 0.29) is 23.1 Å². The zero-order chi connectivity index (χ0) is 18.5. The highest BCUT2D eigenvalue weighted by Crippen LogP contribution is 2.30. The molecule has 0 saturated heterocycles. The Kier molecular flexibility index (Phi) is 3.23. The fourth-order valence-corrected chi connectivity index (χ4v) is 3.60. The standard InChI is InChI=1S/C18H14N6O3/c25-16-15-14(21-18(22-16)23-9-12(7-19-23)17(26)27)8-20-24(15)13-5-10-3-1-2-4-11(10)6-13/h1-4,7-9,13H,5-6H2,(H,26,27)(H,21,22,25). The first kappa shape index (κ1) is 15.5. The Morgan fingerprint density at radius 1 is 1.15 bits per heavy atom. The van der Waals surface area contributed by atoms with Crippen molar-refractivity contribution in [2.24, 2.45) is 0 Å². The SMILES string of the molecule is O=C(O)c1cnn(-c2nc3cnn(C4Cc5ccccc5C4)c3c(=O)[nH]2)c1. The van der Waals surface area contributed by atoms with Gasteiger partial charge in [-0.15, -0.1) is 0 Å². The first-order valence-electron chi connectivity index (χ1n) is 8.43. The number of hydrogen-bond donors (Lipinski definition) is 2. The quantitative estimate of drug-likeness (QED) is 0.568. The Hall–Kier alpha value is -3.75. The molecule has 1 aromatic carbocycles. The van der Waals surface area contributed by atoms with Gasteiger partial charge in [-0.25, -0.2) is 14.5 Å². The third kappa shape index (κ3) is 2.43. The number of benzene rings is 1. The summed E-state index contributed by atoms with van der Waals surface area (Å²) in [4.78, 5) is 30.8. The van der Waals surface area contributed by atoms with E-state index in [2.05, 4.69) is 32.3 Å². The van der Waals surface area contributed by atoms with Crippen LogP contribution >= 0.6 is 0 Å². The van der Waals surface area contributed by atoms with Crippen LogP contribution in [-0.4, -0.2) is 40.6 Å². The first-order chi connectivity index (χ1) is 13.1. The summed E-state index contributed by atoms with van der Waals surface area (Å²) in [6.45, 7) is 0. The van der Waals surface area contributed by atoms with Crippen molar-refractivity contribution in [3.8, 4) is 5.95 Å². The van der Waals surface area contributed by atoms with Crippen molar-refractivity contribution in [3.05, 3.63) is 69.9 Å². The van der Waals surface area contributed by atoms with Crippen LogP contribution in [0.4, 0.5) is 0 Å². The zero-order valence-corrected chi connectivity index (χ0v) is 14.0. The number of carbonyl (C=O) groups is 1. The van der Waals surface area contributed by atoms with E-state index in [4.69, 9.17) is 5.11 Å². The molecule has 9 heteroatoms. The molecule has 0 aliphatic heterocycles. The number of nitrogens with one attached hydrogen (secondary N) is 1. The molecular weight excluding hydrogens is 348 g/mol. The third-order valence-electron chi connectivity index (χ3n) is 4.86. The molecule has 1 aliphatic rings. The van der Waals surface area contributed by atoms with Crippen LogP contribution in [0, 0.1) is 0 Å². The molecule has 134 valence electrons. The second-order valence-corrected chi connectivity index (χ2v) is 6.52. The Morgan fingerprint density at radius 3 is 2.56 bits per heavy atom. The van der Waals surface area contributed by atoms with Crippen molar-refractivity contribution >= 4 is 17.0 Å². The van der Waals surface area contributed by atoms with Gasteiger partial charge in [-0.1, -0.05) is 24.3 Å². The molecule has 0 fully saturated rings. The van der Waals surface area contributed by atoms with Gasteiger partial charge in [0.15, 0.2) is 5.52 Å². The average molecular weight is 362 g/mol. The average Bonchev–Trinajstić information content (AvgIpc) is 3.38. The number of aromatic amines is 1. The molecule has 2 N–H and O–H groups in total. The van der Waals surface area contributed by atoms with E-state index in [0.29, 0.717) is 11.0 Å². The van der Waals surface area contributed by atoms with Gasteiger partial charge in [0, 0.05) is 6.20 Å². The maximum absolute atomic E-state index is 12.7. The number of nitrogens with zero attached hydrogens (tertiary/aromatic N) is 5. The van der Waals surface area contributed by atoms with Crippen molar-refractivity contribution in [1.82, 2.24) is 29.5 Å². The fourth-order valence-electron chi connectivity index (χ4n) is 3.60. The van der Waals surface area contributed by atoms with E-state index in [1.165, 1.54) is 28.2 Å². The van der Waals surface area contributed by atoms with Gasteiger partial charge >= 0.3 is 5.97 Å². The van der Waals surface area contributed by atoms with Gasteiger partial charge in [0.05, 0.1) is 24.0 Å². The summed E-state index contributed by atoms with van der Waals surface area (Å²) in [7, 11) is 0. The van der Waals surface area contributed by atoms with E-state index in [1.807, 2.05) is 12.1 Å². The maximum atomic E-state index is 12.7. The predicted molar refractivity (Wildman–Crippen MR) is 95.1 cm³/mol. The monoisotopic (exact) mass is 362 g/mol. The van der Waals surface area contributed by atoms with Crippen LogP contribution in [-0.2, 0) is 12.8 Å². The number of aromatic carboxylic acids is 1. The summed E-state index contributed by atoms with van der Waals surface area (Å²) in [5.74, 6) is -0.951. The molecule has 5 rings (SSSR count). The molecular formula is C18H14N6O3. The Bertz CT molecular complexity index is 1230. The molecule has 0 unspecified atom stereocenters. The first-order valence-corrected chi connectivity index (χ1v) is 8.43. The van der Waals surface area contributed by atoms with Gasteiger partial charge in [0.2, 0.25) is 5.95 Å². The smallest absolute Gasteiger partial charge is 0.338 e. The number of aromatic nitrogens is 6. The molecule has 0 bridgehead atoms. The Labute approximate surface area is 151 Å². The van der Waals surface area contributed by atoms with E-state index >= 15 is 0 Å². The molecule has 3 aromatic heterocycles. The van der Waals surface area contributed by atoms with Gasteiger partial charge in [-0.3, -0.25) is 14.5 Å². The fraction of sp³-hybridized carbons (Fsp3) is 0.167. The molecule has 4 aromatic rings. The lowest BCUT2D eigenvalue weighted by Gasteiger charge is -2.10. The zero-order valence-electron chi connectivity index (χ0n) is 14.0. The maximum Gasteiger partial charge on any atom is 0.338 e.